The molecule has 200 valence electrons. The normalized spacial score (nSPS) is 19.9. The average Bonchev–Trinajstić information content (AvgIpc) is 2.84. The minimum atomic E-state index is -0.697. The molecule has 4 amide bonds. The van der Waals surface area contributed by atoms with Gasteiger partial charge in [0.25, 0.3) is 0 Å². The summed E-state index contributed by atoms with van der Waals surface area (Å²) in [6.45, 7) is 7.87. The fourth-order valence-corrected chi connectivity index (χ4v) is 5.73. The van der Waals surface area contributed by atoms with Gasteiger partial charge in [0.05, 0.1) is 0 Å². The molecule has 0 radical (unpaired) electrons. The van der Waals surface area contributed by atoms with Gasteiger partial charge >= 0.3 is 0 Å². The Labute approximate surface area is 211 Å². The maximum atomic E-state index is 13.9. The predicted octanol–water partition coefficient (Wildman–Crippen LogP) is 3.15. The molecule has 0 aromatic rings. The van der Waals surface area contributed by atoms with E-state index in [1.807, 2.05) is 20.8 Å². The Morgan fingerprint density at radius 1 is 0.800 bits per heavy atom. The van der Waals surface area contributed by atoms with Crippen LogP contribution in [0.2, 0.25) is 0 Å². The Morgan fingerprint density at radius 3 is 1.77 bits per heavy atom. The minimum Gasteiger partial charge on any atom is -0.355 e. The molecule has 3 N–H and O–H groups in total. The monoisotopic (exact) mass is 492 g/mol. The van der Waals surface area contributed by atoms with Gasteiger partial charge in [-0.3, -0.25) is 19.2 Å². The van der Waals surface area contributed by atoms with Crippen LogP contribution < -0.4 is 16.0 Å². The van der Waals surface area contributed by atoms with Crippen LogP contribution in [-0.2, 0) is 19.2 Å². The topological polar surface area (TPSA) is 108 Å². The zero-order chi connectivity index (χ0) is 26.0. The number of amides is 4. The standard InChI is InChI=1S/C27H48N4O4/c1-6-28-25(33)22(17-18(2)3)31(5)27(35)24(21-15-11-8-12-16-21)30-26(34)23(29-19(4)32)20-13-9-7-10-14-20/h18,20-24H,6-17H2,1-5H3,(H,28,33)(H,29,32)(H,30,34)/t22-,23-,24-/m1/s1. The van der Waals surface area contributed by atoms with Gasteiger partial charge in [0.1, 0.15) is 18.1 Å². The van der Waals surface area contributed by atoms with Crippen LogP contribution in [0.1, 0.15) is 98.3 Å². The molecule has 0 spiro atoms. The number of hydrogen-bond donors (Lipinski definition) is 3. The van der Waals surface area contributed by atoms with Crippen molar-refractivity contribution in [1.29, 1.82) is 0 Å². The van der Waals surface area contributed by atoms with Crippen LogP contribution in [0.3, 0.4) is 0 Å². The molecule has 3 atom stereocenters. The van der Waals surface area contributed by atoms with Gasteiger partial charge in [0.15, 0.2) is 0 Å². The molecule has 8 heteroatoms. The van der Waals surface area contributed by atoms with E-state index >= 15 is 0 Å². The molecule has 2 saturated carbocycles. The third kappa shape index (κ3) is 8.80. The average molecular weight is 493 g/mol. The summed E-state index contributed by atoms with van der Waals surface area (Å²) in [4.78, 5) is 53.8. The summed E-state index contributed by atoms with van der Waals surface area (Å²) in [7, 11) is 1.68. The molecule has 2 aliphatic carbocycles. The van der Waals surface area contributed by atoms with Gasteiger partial charge in [-0.15, -0.1) is 0 Å². The second-order valence-corrected chi connectivity index (χ2v) is 10.9. The molecule has 8 nitrogen and oxygen atoms in total. The Bertz CT molecular complexity index is 714. The molecule has 0 heterocycles. The van der Waals surface area contributed by atoms with Gasteiger partial charge in [-0.25, -0.2) is 0 Å². The molecule has 35 heavy (non-hydrogen) atoms. The number of nitrogens with one attached hydrogen (secondary N) is 3. The van der Waals surface area contributed by atoms with Crippen LogP contribution in [0.4, 0.5) is 0 Å². The summed E-state index contributed by atoms with van der Waals surface area (Å²) < 4.78 is 0. The molecule has 2 aliphatic rings. The lowest BCUT2D eigenvalue weighted by Crippen LogP contribution is -2.60. The second-order valence-electron chi connectivity index (χ2n) is 10.9. The second kappa shape index (κ2) is 14.4. The third-order valence-corrected chi connectivity index (χ3v) is 7.61. The summed E-state index contributed by atoms with van der Waals surface area (Å²) >= 11 is 0. The first-order valence-electron chi connectivity index (χ1n) is 13.8. The number of likely N-dealkylation sites (N-methyl/N-ethyl adjacent to an activating group) is 2. The first-order valence-corrected chi connectivity index (χ1v) is 13.8. The zero-order valence-corrected chi connectivity index (χ0v) is 22.5. The van der Waals surface area contributed by atoms with E-state index in [4.69, 9.17) is 0 Å². The minimum absolute atomic E-state index is 0.0286. The first kappa shape index (κ1) is 29.1. The summed E-state index contributed by atoms with van der Waals surface area (Å²) in [6, 6.07) is -1.92. The number of carbonyl (C=O) groups excluding carboxylic acids is 4. The van der Waals surface area contributed by atoms with E-state index in [1.165, 1.54) is 6.92 Å². The molecule has 0 aromatic carbocycles. The van der Waals surface area contributed by atoms with E-state index in [-0.39, 0.29) is 41.4 Å². The van der Waals surface area contributed by atoms with E-state index in [9.17, 15) is 19.2 Å². The largest absolute Gasteiger partial charge is 0.355 e. The molecule has 0 bridgehead atoms. The Kier molecular flexibility index (Phi) is 12.0. The van der Waals surface area contributed by atoms with E-state index in [2.05, 4.69) is 16.0 Å². The van der Waals surface area contributed by atoms with Crippen LogP contribution in [0.15, 0.2) is 0 Å². The van der Waals surface area contributed by atoms with E-state index in [1.54, 1.807) is 11.9 Å². The molecule has 2 rings (SSSR count). The van der Waals surface area contributed by atoms with Crippen molar-refractivity contribution >= 4 is 23.6 Å². The smallest absolute Gasteiger partial charge is 0.245 e. The fourth-order valence-electron chi connectivity index (χ4n) is 5.73. The summed E-state index contributed by atoms with van der Waals surface area (Å²) in [6.07, 6.45) is 10.5. The van der Waals surface area contributed by atoms with E-state index in [0.717, 1.165) is 64.2 Å². The number of hydrogen-bond acceptors (Lipinski definition) is 4. The Balaban J connectivity index is 2.28. The van der Waals surface area contributed by atoms with Crippen molar-refractivity contribution < 1.29 is 19.2 Å². The Morgan fingerprint density at radius 2 is 1.31 bits per heavy atom. The molecule has 2 fully saturated rings. The first-order chi connectivity index (χ1) is 16.6. The van der Waals surface area contributed by atoms with Crippen LogP contribution >= 0.6 is 0 Å². The lowest BCUT2D eigenvalue weighted by molar-refractivity contribution is -0.144. The van der Waals surface area contributed by atoms with Gasteiger partial charge in [-0.2, -0.15) is 0 Å². The quantitative estimate of drug-likeness (QED) is 0.412. The lowest BCUT2D eigenvalue weighted by Gasteiger charge is -2.37. The maximum Gasteiger partial charge on any atom is 0.245 e. The van der Waals surface area contributed by atoms with Crippen LogP contribution in [0, 0.1) is 17.8 Å². The van der Waals surface area contributed by atoms with Gasteiger partial charge in [0.2, 0.25) is 23.6 Å². The highest BCUT2D eigenvalue weighted by atomic mass is 16.2. The summed E-state index contributed by atoms with van der Waals surface area (Å²) in [5.41, 5.74) is 0. The molecule has 0 aromatic heterocycles. The summed E-state index contributed by atoms with van der Waals surface area (Å²) in [5, 5.41) is 8.80. The van der Waals surface area contributed by atoms with Gasteiger partial charge < -0.3 is 20.9 Å². The SMILES string of the molecule is CCNC(=O)[C@@H](CC(C)C)N(C)C(=O)[C@H](NC(=O)[C@H](NC(C)=O)C1CCCCC1)C1CCCCC1. The van der Waals surface area contributed by atoms with Crippen molar-refractivity contribution in [3.05, 3.63) is 0 Å². The van der Waals surface area contributed by atoms with Crippen LogP contribution in [0.5, 0.6) is 0 Å². The summed E-state index contributed by atoms with van der Waals surface area (Å²) in [5.74, 6) is -0.547. The van der Waals surface area contributed by atoms with Crippen LogP contribution in [0.25, 0.3) is 0 Å². The molecule has 0 saturated heterocycles. The maximum absolute atomic E-state index is 13.9. The molecule has 0 aliphatic heterocycles. The highest BCUT2D eigenvalue weighted by Gasteiger charge is 2.39. The van der Waals surface area contributed by atoms with Gasteiger partial charge in [-0.05, 0) is 56.8 Å². The van der Waals surface area contributed by atoms with Gasteiger partial charge in [0, 0.05) is 20.5 Å². The number of carbonyl (C=O) groups is 4. The number of nitrogens with zero attached hydrogens (tertiary/aromatic N) is 1. The van der Waals surface area contributed by atoms with Crippen molar-refractivity contribution in [2.24, 2.45) is 17.8 Å². The molecular weight excluding hydrogens is 444 g/mol. The van der Waals surface area contributed by atoms with Crippen molar-refractivity contribution in [1.82, 2.24) is 20.9 Å². The predicted molar refractivity (Wildman–Crippen MR) is 137 cm³/mol. The Hall–Kier alpha value is -2.12. The van der Waals surface area contributed by atoms with Crippen LogP contribution in [-0.4, -0.2) is 60.2 Å². The van der Waals surface area contributed by atoms with E-state index in [0.29, 0.717) is 13.0 Å². The zero-order valence-electron chi connectivity index (χ0n) is 22.5. The highest BCUT2D eigenvalue weighted by molar-refractivity contribution is 5.94. The third-order valence-electron chi connectivity index (χ3n) is 7.61. The number of rotatable bonds is 11. The van der Waals surface area contributed by atoms with Crippen molar-refractivity contribution in [3.8, 4) is 0 Å². The van der Waals surface area contributed by atoms with Gasteiger partial charge in [-0.1, -0.05) is 52.4 Å². The highest BCUT2D eigenvalue weighted by Crippen LogP contribution is 2.30. The molecular formula is C27H48N4O4. The lowest BCUT2D eigenvalue weighted by atomic mass is 9.81. The van der Waals surface area contributed by atoms with E-state index < -0.39 is 18.1 Å². The van der Waals surface area contributed by atoms with Crippen molar-refractivity contribution in [2.75, 3.05) is 13.6 Å². The van der Waals surface area contributed by atoms with Crippen molar-refractivity contribution in [2.45, 2.75) is 116 Å². The van der Waals surface area contributed by atoms with Crippen molar-refractivity contribution in [3.63, 3.8) is 0 Å². The fraction of sp³-hybridized carbons (Fsp3) is 0.852. The molecule has 0 unspecified atom stereocenters.